The van der Waals surface area contributed by atoms with Gasteiger partial charge in [-0.1, -0.05) is 60.7 Å². The Hall–Kier alpha value is -2.88. The van der Waals surface area contributed by atoms with Crippen LogP contribution < -0.4 is 0 Å². The highest BCUT2D eigenvalue weighted by Crippen LogP contribution is 2.32. The second kappa shape index (κ2) is 6.72. The highest BCUT2D eigenvalue weighted by Gasteiger charge is 2.16. The third-order valence-corrected chi connectivity index (χ3v) is 3.32. The lowest BCUT2D eigenvalue weighted by atomic mass is 10.1. The number of rotatable bonds is 5. The van der Waals surface area contributed by atoms with Gasteiger partial charge in [0.05, 0.1) is 0 Å². The van der Waals surface area contributed by atoms with Gasteiger partial charge >= 0.3 is 0 Å². The molecule has 4 heteroatoms. The van der Waals surface area contributed by atoms with Gasteiger partial charge in [0.15, 0.2) is 11.7 Å². The molecule has 3 aromatic rings. The predicted octanol–water partition coefficient (Wildman–Crippen LogP) is 4.40. The van der Waals surface area contributed by atoms with Crippen LogP contribution in [-0.4, -0.2) is 16.4 Å². The van der Waals surface area contributed by atoms with Crippen LogP contribution in [0.2, 0.25) is 0 Å². The van der Waals surface area contributed by atoms with Crippen LogP contribution in [-0.2, 0) is 6.42 Å². The van der Waals surface area contributed by atoms with Crippen molar-refractivity contribution in [3.05, 3.63) is 66.6 Å². The first kappa shape index (κ1) is 14.1. The molecule has 2 aromatic carbocycles. The third kappa shape index (κ3) is 3.06. The van der Waals surface area contributed by atoms with E-state index in [0.29, 0.717) is 18.7 Å². The van der Waals surface area contributed by atoms with Gasteiger partial charge in [0, 0.05) is 23.8 Å². The van der Waals surface area contributed by atoms with Crippen LogP contribution in [0.15, 0.2) is 70.2 Å². The van der Waals surface area contributed by atoms with Gasteiger partial charge < -0.3 is 9.62 Å². The molecule has 0 aliphatic heterocycles. The lowest BCUT2D eigenvalue weighted by Crippen LogP contribution is -1.86. The van der Waals surface area contributed by atoms with Crippen LogP contribution in [0, 0.1) is 0 Å². The van der Waals surface area contributed by atoms with E-state index in [4.69, 9.17) is 9.62 Å². The molecule has 4 nitrogen and oxygen atoms in total. The van der Waals surface area contributed by atoms with E-state index >= 15 is 0 Å². The molecule has 0 atom stereocenters. The maximum Gasteiger partial charge on any atom is 0.195 e. The smallest absolute Gasteiger partial charge is 0.195 e. The molecule has 0 amide bonds. The minimum atomic E-state index is 0.583. The van der Waals surface area contributed by atoms with Crippen molar-refractivity contribution in [2.24, 2.45) is 5.16 Å². The molecule has 3 rings (SSSR count). The Morgan fingerprint density at radius 3 is 2.23 bits per heavy atom. The van der Waals surface area contributed by atoms with Crippen LogP contribution in [0.3, 0.4) is 0 Å². The van der Waals surface area contributed by atoms with E-state index in [2.05, 4.69) is 10.1 Å². The van der Waals surface area contributed by atoms with E-state index in [-0.39, 0.29) is 0 Å². The van der Waals surface area contributed by atoms with E-state index in [1.165, 1.54) is 6.21 Å². The molecule has 0 bridgehead atoms. The molecule has 0 aliphatic carbocycles. The quantitative estimate of drug-likeness (QED) is 0.431. The van der Waals surface area contributed by atoms with Gasteiger partial charge in [0.2, 0.25) is 0 Å². The van der Waals surface area contributed by atoms with Crippen molar-refractivity contribution in [2.75, 3.05) is 0 Å². The van der Waals surface area contributed by atoms with Crippen molar-refractivity contribution in [2.45, 2.75) is 12.8 Å². The van der Waals surface area contributed by atoms with Crippen molar-refractivity contribution in [3.8, 4) is 22.6 Å². The van der Waals surface area contributed by atoms with E-state index in [9.17, 15) is 0 Å². The van der Waals surface area contributed by atoms with Gasteiger partial charge in [0.25, 0.3) is 0 Å². The van der Waals surface area contributed by atoms with Crippen LogP contribution in [0.5, 0.6) is 0 Å². The molecule has 1 aromatic heterocycles. The fraction of sp³-hybridized carbons (Fsp3) is 0.111. The molecule has 1 heterocycles. The molecule has 0 fully saturated rings. The highest BCUT2D eigenvalue weighted by molar-refractivity contribution is 5.76. The Morgan fingerprint density at radius 2 is 1.59 bits per heavy atom. The molecular formula is C18H16N2O2. The van der Waals surface area contributed by atoms with E-state index in [0.717, 1.165) is 22.6 Å². The van der Waals surface area contributed by atoms with Crippen LogP contribution in [0.1, 0.15) is 12.3 Å². The number of nitrogens with zero attached hydrogens (tertiary/aromatic N) is 2. The van der Waals surface area contributed by atoms with Gasteiger partial charge in [0.1, 0.15) is 5.69 Å². The average Bonchev–Trinajstić information content (AvgIpc) is 3.01. The predicted molar refractivity (Wildman–Crippen MR) is 86.0 cm³/mol. The molecule has 0 saturated heterocycles. The summed E-state index contributed by atoms with van der Waals surface area (Å²) in [5.74, 6) is 1.40. The second-order valence-corrected chi connectivity index (χ2v) is 4.85. The lowest BCUT2D eigenvalue weighted by molar-refractivity contribution is 0.320. The topological polar surface area (TPSA) is 58.6 Å². The highest BCUT2D eigenvalue weighted by atomic mass is 16.4. The number of aromatic nitrogens is 1. The fourth-order valence-electron chi connectivity index (χ4n) is 2.29. The molecule has 0 unspecified atom stereocenters. The SMILES string of the molecule is ON=CCCc1nc(-c2ccccc2)c(-c2ccccc2)o1. The largest absolute Gasteiger partial charge is 0.440 e. The summed E-state index contributed by atoms with van der Waals surface area (Å²) < 4.78 is 5.95. The zero-order valence-electron chi connectivity index (χ0n) is 12.0. The van der Waals surface area contributed by atoms with Gasteiger partial charge in [-0.2, -0.15) is 0 Å². The normalized spacial score (nSPS) is 11.1. The second-order valence-electron chi connectivity index (χ2n) is 4.85. The molecule has 0 saturated carbocycles. The molecule has 110 valence electrons. The number of oxime groups is 1. The fourth-order valence-corrected chi connectivity index (χ4v) is 2.29. The number of benzene rings is 2. The first-order valence-corrected chi connectivity index (χ1v) is 7.15. The zero-order valence-corrected chi connectivity index (χ0v) is 12.0. The Bertz CT molecular complexity index is 692. The van der Waals surface area contributed by atoms with E-state index < -0.39 is 0 Å². The lowest BCUT2D eigenvalue weighted by Gasteiger charge is -2.00. The standard InChI is InChI=1S/C18H16N2O2/c21-19-13-7-12-16-20-17(14-8-3-1-4-9-14)18(22-16)15-10-5-2-6-11-15/h1-6,8-11,13,21H,7,12H2. The molecule has 22 heavy (non-hydrogen) atoms. The number of hydrogen-bond acceptors (Lipinski definition) is 4. The third-order valence-electron chi connectivity index (χ3n) is 3.32. The van der Waals surface area contributed by atoms with Crippen LogP contribution in [0.4, 0.5) is 0 Å². The van der Waals surface area contributed by atoms with Crippen molar-refractivity contribution in [3.63, 3.8) is 0 Å². The first-order chi connectivity index (χ1) is 10.9. The Morgan fingerprint density at radius 1 is 0.955 bits per heavy atom. The first-order valence-electron chi connectivity index (χ1n) is 7.15. The van der Waals surface area contributed by atoms with Crippen molar-refractivity contribution in [1.82, 2.24) is 4.98 Å². The van der Waals surface area contributed by atoms with Gasteiger partial charge in [-0.05, 0) is 6.42 Å². The Balaban J connectivity index is 2.02. The molecule has 0 spiro atoms. The van der Waals surface area contributed by atoms with Gasteiger partial charge in [-0.3, -0.25) is 0 Å². The Kier molecular flexibility index (Phi) is 4.30. The summed E-state index contributed by atoms with van der Waals surface area (Å²) >= 11 is 0. The summed E-state index contributed by atoms with van der Waals surface area (Å²) in [6, 6.07) is 19.9. The summed E-state index contributed by atoms with van der Waals surface area (Å²) in [6.07, 6.45) is 2.62. The monoisotopic (exact) mass is 292 g/mol. The maximum absolute atomic E-state index is 8.48. The molecular weight excluding hydrogens is 276 g/mol. The number of oxazole rings is 1. The zero-order chi connectivity index (χ0) is 15.2. The van der Waals surface area contributed by atoms with Gasteiger partial charge in [-0.15, -0.1) is 5.16 Å². The Labute approximate surface area is 128 Å². The van der Waals surface area contributed by atoms with Crippen molar-refractivity contribution >= 4 is 6.21 Å². The minimum Gasteiger partial charge on any atom is -0.440 e. The molecule has 1 N–H and O–H groups in total. The summed E-state index contributed by atoms with van der Waals surface area (Å²) in [7, 11) is 0. The summed E-state index contributed by atoms with van der Waals surface area (Å²) in [6.45, 7) is 0. The minimum absolute atomic E-state index is 0.583. The number of aryl methyl sites for hydroxylation is 1. The summed E-state index contributed by atoms with van der Waals surface area (Å²) in [5, 5.41) is 11.5. The molecule has 0 aliphatic rings. The average molecular weight is 292 g/mol. The number of hydrogen-bond donors (Lipinski definition) is 1. The van der Waals surface area contributed by atoms with Crippen LogP contribution in [0.25, 0.3) is 22.6 Å². The molecule has 0 radical (unpaired) electrons. The maximum atomic E-state index is 8.48. The van der Waals surface area contributed by atoms with Crippen LogP contribution >= 0.6 is 0 Å². The summed E-state index contributed by atoms with van der Waals surface area (Å²) in [5.41, 5.74) is 2.85. The van der Waals surface area contributed by atoms with Crippen molar-refractivity contribution < 1.29 is 9.62 Å². The van der Waals surface area contributed by atoms with Crippen molar-refractivity contribution in [1.29, 1.82) is 0 Å². The summed E-state index contributed by atoms with van der Waals surface area (Å²) in [4.78, 5) is 4.62. The van der Waals surface area contributed by atoms with Gasteiger partial charge in [-0.25, -0.2) is 4.98 Å². The van der Waals surface area contributed by atoms with E-state index in [1.807, 2.05) is 60.7 Å². The van der Waals surface area contributed by atoms with E-state index in [1.54, 1.807) is 0 Å².